The molecule has 0 bridgehead atoms. The lowest BCUT2D eigenvalue weighted by Gasteiger charge is -2.02. The number of hydrogen-bond donors (Lipinski definition) is 1. The Labute approximate surface area is 82.8 Å². The van der Waals surface area contributed by atoms with Crippen molar-refractivity contribution < 1.29 is 19.1 Å². The molecule has 0 rings (SSSR count). The lowest BCUT2D eigenvalue weighted by atomic mass is 10.2. The molecule has 80 valence electrons. The van der Waals surface area contributed by atoms with Crippen LogP contribution in [0, 0.1) is 0 Å². The molecule has 0 aliphatic carbocycles. The average Bonchev–Trinajstić information content (AvgIpc) is 2.14. The van der Waals surface area contributed by atoms with Gasteiger partial charge < -0.3 is 14.8 Å². The minimum atomic E-state index is -0.364. The van der Waals surface area contributed by atoms with E-state index in [9.17, 15) is 14.4 Å². The fourth-order valence-corrected chi connectivity index (χ4v) is 0.784. The third kappa shape index (κ3) is 7.27. The highest BCUT2D eigenvalue weighted by molar-refractivity contribution is 5.83. The second-order valence-electron chi connectivity index (χ2n) is 2.88. The van der Waals surface area contributed by atoms with Crippen molar-refractivity contribution in [3.05, 3.63) is 0 Å². The molecule has 0 heterocycles. The number of esters is 1. The van der Waals surface area contributed by atoms with E-state index < -0.39 is 0 Å². The molecule has 0 atom stereocenters. The lowest BCUT2D eigenvalue weighted by molar-refractivity contribution is -0.140. The van der Waals surface area contributed by atoms with E-state index in [0.717, 1.165) is 0 Å². The number of carbonyl (C=O) groups excluding carboxylic acids is 3. The van der Waals surface area contributed by atoms with Crippen LogP contribution in [0.15, 0.2) is 0 Å². The number of rotatable bonds is 6. The molecule has 14 heavy (non-hydrogen) atoms. The Morgan fingerprint density at radius 3 is 2.29 bits per heavy atom. The number of hydrogen-bond acceptors (Lipinski definition) is 4. The van der Waals surface area contributed by atoms with Crippen LogP contribution in [-0.4, -0.2) is 31.3 Å². The molecule has 1 N–H and O–H groups in total. The van der Waals surface area contributed by atoms with Crippen LogP contribution >= 0.6 is 0 Å². The largest absolute Gasteiger partial charge is 0.469 e. The van der Waals surface area contributed by atoms with Gasteiger partial charge in [-0.05, 0) is 6.92 Å². The predicted molar refractivity (Wildman–Crippen MR) is 49.6 cm³/mol. The molecule has 0 aromatic heterocycles. The number of nitrogens with one attached hydrogen (secondary N) is 1. The molecule has 5 heteroatoms. The smallest absolute Gasteiger partial charge is 0.307 e. The summed E-state index contributed by atoms with van der Waals surface area (Å²) in [5.41, 5.74) is 0. The van der Waals surface area contributed by atoms with E-state index in [1.807, 2.05) is 0 Å². The van der Waals surface area contributed by atoms with Gasteiger partial charge in [0.15, 0.2) is 0 Å². The van der Waals surface area contributed by atoms with Crippen molar-refractivity contribution in [3.8, 4) is 0 Å². The van der Waals surface area contributed by atoms with Gasteiger partial charge in [0.25, 0.3) is 0 Å². The monoisotopic (exact) mass is 201 g/mol. The van der Waals surface area contributed by atoms with Crippen LogP contribution in [0.4, 0.5) is 0 Å². The Morgan fingerprint density at radius 1 is 1.14 bits per heavy atom. The number of Topliss-reactive ketones (excluding diaryl/α,β-unsaturated/α-hetero) is 1. The summed E-state index contributed by atoms with van der Waals surface area (Å²) < 4.78 is 4.39. The van der Waals surface area contributed by atoms with Crippen LogP contribution in [0.3, 0.4) is 0 Å². The molecule has 0 saturated carbocycles. The molecule has 1 amide bonds. The van der Waals surface area contributed by atoms with Crippen LogP contribution in [0.1, 0.15) is 26.2 Å². The third-order valence-electron chi connectivity index (χ3n) is 1.58. The Morgan fingerprint density at radius 2 is 1.79 bits per heavy atom. The van der Waals surface area contributed by atoms with Crippen molar-refractivity contribution in [3.63, 3.8) is 0 Å². The van der Waals surface area contributed by atoms with Gasteiger partial charge in [-0.2, -0.15) is 0 Å². The van der Waals surface area contributed by atoms with Crippen molar-refractivity contribution in [2.75, 3.05) is 13.7 Å². The molecule has 0 unspecified atom stereocenters. The molecule has 0 aromatic carbocycles. The maximum atomic E-state index is 11.0. The van der Waals surface area contributed by atoms with Gasteiger partial charge in [-0.1, -0.05) is 0 Å². The molecule has 0 radical (unpaired) electrons. The first-order valence-corrected chi connectivity index (χ1v) is 4.39. The van der Waals surface area contributed by atoms with E-state index >= 15 is 0 Å². The van der Waals surface area contributed by atoms with E-state index in [2.05, 4.69) is 10.1 Å². The first-order valence-electron chi connectivity index (χ1n) is 4.39. The number of amides is 1. The second-order valence-corrected chi connectivity index (χ2v) is 2.88. The molecule has 0 aliphatic heterocycles. The highest BCUT2D eigenvalue weighted by atomic mass is 16.5. The summed E-state index contributed by atoms with van der Waals surface area (Å²) in [4.78, 5) is 32.2. The molecule has 0 aliphatic rings. The zero-order valence-electron chi connectivity index (χ0n) is 8.46. The zero-order valence-corrected chi connectivity index (χ0v) is 8.46. The van der Waals surface area contributed by atoms with Crippen LogP contribution in [-0.2, 0) is 19.1 Å². The van der Waals surface area contributed by atoms with E-state index in [-0.39, 0.29) is 43.5 Å². The first kappa shape index (κ1) is 12.6. The van der Waals surface area contributed by atoms with Crippen LogP contribution in [0.5, 0.6) is 0 Å². The highest BCUT2D eigenvalue weighted by Crippen LogP contribution is 1.90. The summed E-state index contributed by atoms with van der Waals surface area (Å²) in [7, 11) is 1.29. The fourth-order valence-electron chi connectivity index (χ4n) is 0.784. The Balaban J connectivity index is 3.45. The Kier molecular flexibility index (Phi) is 6.36. The lowest BCUT2D eigenvalue weighted by Crippen LogP contribution is -2.26. The van der Waals surface area contributed by atoms with Gasteiger partial charge in [-0.15, -0.1) is 0 Å². The van der Waals surface area contributed by atoms with Crippen LogP contribution in [0.25, 0.3) is 0 Å². The quantitative estimate of drug-likeness (QED) is 0.615. The highest BCUT2D eigenvalue weighted by Gasteiger charge is 2.04. The summed E-state index contributed by atoms with van der Waals surface area (Å²) >= 11 is 0. The summed E-state index contributed by atoms with van der Waals surface area (Å²) in [6.07, 6.45) is 0.572. The van der Waals surface area contributed by atoms with Gasteiger partial charge in [-0.25, -0.2) is 0 Å². The van der Waals surface area contributed by atoms with Gasteiger partial charge in [-0.3, -0.25) is 9.59 Å². The minimum absolute atomic E-state index is 0.0203. The molecular weight excluding hydrogens is 186 g/mol. The standard InChI is InChI=1S/C9H15NO4/c1-7(11)3-4-8(12)10-6-5-9(13)14-2/h3-6H2,1-2H3,(H,10,12). The van der Waals surface area contributed by atoms with Crippen molar-refractivity contribution in [1.29, 1.82) is 0 Å². The van der Waals surface area contributed by atoms with Gasteiger partial charge in [0.2, 0.25) is 5.91 Å². The molecule has 0 saturated heterocycles. The van der Waals surface area contributed by atoms with Gasteiger partial charge in [0, 0.05) is 19.4 Å². The van der Waals surface area contributed by atoms with Gasteiger partial charge >= 0.3 is 5.97 Å². The topological polar surface area (TPSA) is 72.5 Å². The van der Waals surface area contributed by atoms with Crippen LogP contribution in [0.2, 0.25) is 0 Å². The van der Waals surface area contributed by atoms with E-state index in [1.54, 1.807) is 0 Å². The summed E-state index contributed by atoms with van der Waals surface area (Å²) in [5.74, 6) is -0.603. The molecule has 5 nitrogen and oxygen atoms in total. The van der Waals surface area contributed by atoms with E-state index in [4.69, 9.17) is 0 Å². The molecular formula is C9H15NO4. The Bertz CT molecular complexity index is 225. The summed E-state index contributed by atoms with van der Waals surface area (Å²) in [5, 5.41) is 2.51. The maximum Gasteiger partial charge on any atom is 0.307 e. The van der Waals surface area contributed by atoms with Gasteiger partial charge in [0.05, 0.1) is 13.5 Å². The van der Waals surface area contributed by atoms with Crippen molar-refractivity contribution in [2.24, 2.45) is 0 Å². The summed E-state index contributed by atoms with van der Waals surface area (Å²) in [6, 6.07) is 0. The van der Waals surface area contributed by atoms with E-state index in [0.29, 0.717) is 0 Å². The third-order valence-corrected chi connectivity index (χ3v) is 1.58. The van der Waals surface area contributed by atoms with Crippen LogP contribution < -0.4 is 5.32 Å². The second kappa shape index (κ2) is 7.06. The molecule has 0 spiro atoms. The Hall–Kier alpha value is -1.39. The van der Waals surface area contributed by atoms with E-state index in [1.165, 1.54) is 14.0 Å². The normalized spacial score (nSPS) is 9.29. The number of carbonyl (C=O) groups is 3. The van der Waals surface area contributed by atoms with Crippen molar-refractivity contribution in [2.45, 2.75) is 26.2 Å². The SMILES string of the molecule is COC(=O)CCNC(=O)CCC(C)=O. The maximum absolute atomic E-state index is 11.0. The predicted octanol–water partition coefficient (Wildman–Crippen LogP) is 0.0349. The zero-order chi connectivity index (χ0) is 11.0. The number of ketones is 1. The minimum Gasteiger partial charge on any atom is -0.469 e. The van der Waals surface area contributed by atoms with Crippen molar-refractivity contribution >= 4 is 17.7 Å². The molecule has 0 fully saturated rings. The van der Waals surface area contributed by atoms with Crippen molar-refractivity contribution in [1.82, 2.24) is 5.32 Å². The fraction of sp³-hybridized carbons (Fsp3) is 0.667. The molecule has 0 aromatic rings. The number of ether oxygens (including phenoxy) is 1. The van der Waals surface area contributed by atoms with Gasteiger partial charge in [0.1, 0.15) is 5.78 Å². The number of methoxy groups -OCH3 is 1. The first-order chi connectivity index (χ1) is 6.56. The summed E-state index contributed by atoms with van der Waals surface area (Å²) in [6.45, 7) is 1.69. The average molecular weight is 201 g/mol.